The highest BCUT2D eigenvalue weighted by Gasteiger charge is 2.20. The van der Waals surface area contributed by atoms with E-state index in [1.165, 1.54) is 7.11 Å². The molecule has 1 amide bonds. The van der Waals surface area contributed by atoms with Crippen LogP contribution in [-0.2, 0) is 27.3 Å². The molecule has 30 heavy (non-hydrogen) atoms. The van der Waals surface area contributed by atoms with Gasteiger partial charge >= 0.3 is 5.97 Å². The van der Waals surface area contributed by atoms with E-state index in [-0.39, 0.29) is 24.8 Å². The molecule has 1 unspecified atom stereocenters. The summed E-state index contributed by atoms with van der Waals surface area (Å²) in [6.45, 7) is 1.85. The molecule has 8 nitrogen and oxygen atoms in total. The van der Waals surface area contributed by atoms with Crippen LogP contribution >= 0.6 is 0 Å². The molecule has 0 saturated carbocycles. The number of hydrogen-bond acceptors (Lipinski definition) is 6. The standard InChI is InChI=1S/C22H25N3O5/c1-14(23-20(26)12-15-9-10-18(28-2)19(11-15)29-3)22-24-16-7-5-6-8-17(16)25(22)13-21(27)30-4/h5-11,14H,12-13H2,1-4H3,(H,23,26). The molecule has 1 heterocycles. The van der Waals surface area contributed by atoms with Crippen molar-refractivity contribution in [2.75, 3.05) is 21.3 Å². The molecule has 1 N–H and O–H groups in total. The number of nitrogens with one attached hydrogen (secondary N) is 1. The van der Waals surface area contributed by atoms with Crippen LogP contribution in [0.3, 0.4) is 0 Å². The molecule has 0 saturated heterocycles. The maximum atomic E-state index is 12.6. The first kappa shape index (κ1) is 21.2. The fourth-order valence-electron chi connectivity index (χ4n) is 3.32. The maximum Gasteiger partial charge on any atom is 0.325 e. The number of carbonyl (C=O) groups is 2. The van der Waals surface area contributed by atoms with Crippen LogP contribution in [0.4, 0.5) is 0 Å². The summed E-state index contributed by atoms with van der Waals surface area (Å²) in [5, 5.41) is 2.96. The van der Waals surface area contributed by atoms with Crippen LogP contribution < -0.4 is 14.8 Å². The fourth-order valence-corrected chi connectivity index (χ4v) is 3.32. The number of fused-ring (bicyclic) bond motifs is 1. The third-order valence-electron chi connectivity index (χ3n) is 4.78. The zero-order valence-corrected chi connectivity index (χ0v) is 17.5. The van der Waals surface area contributed by atoms with Gasteiger partial charge in [0.2, 0.25) is 5.91 Å². The Labute approximate surface area is 174 Å². The predicted octanol–water partition coefficient (Wildman–Crippen LogP) is 2.65. The van der Waals surface area contributed by atoms with E-state index in [1.54, 1.807) is 30.9 Å². The van der Waals surface area contributed by atoms with E-state index in [0.717, 1.165) is 16.6 Å². The Morgan fingerprint density at radius 2 is 1.80 bits per heavy atom. The minimum Gasteiger partial charge on any atom is -0.493 e. The lowest BCUT2D eigenvalue weighted by atomic mass is 10.1. The number of esters is 1. The van der Waals surface area contributed by atoms with Crippen LogP contribution in [0.1, 0.15) is 24.4 Å². The molecule has 158 valence electrons. The van der Waals surface area contributed by atoms with Gasteiger partial charge in [-0.2, -0.15) is 0 Å². The van der Waals surface area contributed by atoms with Gasteiger partial charge in [0.15, 0.2) is 11.5 Å². The Hall–Kier alpha value is -3.55. The molecule has 1 atom stereocenters. The zero-order chi connectivity index (χ0) is 21.7. The van der Waals surface area contributed by atoms with E-state index in [9.17, 15) is 9.59 Å². The smallest absolute Gasteiger partial charge is 0.325 e. The van der Waals surface area contributed by atoms with Gasteiger partial charge in [-0.15, -0.1) is 0 Å². The number of para-hydroxylation sites is 2. The molecule has 2 aromatic carbocycles. The van der Waals surface area contributed by atoms with Gasteiger partial charge < -0.3 is 24.1 Å². The summed E-state index contributed by atoms with van der Waals surface area (Å²) >= 11 is 0. The fraction of sp³-hybridized carbons (Fsp3) is 0.318. The van der Waals surface area contributed by atoms with Gasteiger partial charge in [0.05, 0.1) is 44.8 Å². The van der Waals surface area contributed by atoms with Crippen molar-refractivity contribution in [2.24, 2.45) is 0 Å². The lowest BCUT2D eigenvalue weighted by molar-refractivity contribution is -0.141. The molecule has 0 aliphatic rings. The molecule has 3 aromatic rings. The molecule has 0 spiro atoms. The number of amides is 1. The minimum absolute atomic E-state index is 0.0161. The highest BCUT2D eigenvalue weighted by molar-refractivity contribution is 5.81. The summed E-state index contributed by atoms with van der Waals surface area (Å²) in [5.41, 5.74) is 2.34. The van der Waals surface area contributed by atoms with Gasteiger partial charge in [0.1, 0.15) is 12.4 Å². The lowest BCUT2D eigenvalue weighted by Gasteiger charge is -2.16. The predicted molar refractivity (Wildman–Crippen MR) is 112 cm³/mol. The van der Waals surface area contributed by atoms with Crippen LogP contribution in [0.15, 0.2) is 42.5 Å². The van der Waals surface area contributed by atoms with Crippen molar-refractivity contribution < 1.29 is 23.8 Å². The number of methoxy groups -OCH3 is 3. The molecular formula is C22H25N3O5. The average Bonchev–Trinajstić information content (AvgIpc) is 3.12. The number of carbonyl (C=O) groups excluding carboxylic acids is 2. The molecular weight excluding hydrogens is 386 g/mol. The Balaban J connectivity index is 1.79. The van der Waals surface area contributed by atoms with Crippen molar-refractivity contribution in [2.45, 2.75) is 25.9 Å². The van der Waals surface area contributed by atoms with Gasteiger partial charge in [0.25, 0.3) is 0 Å². The van der Waals surface area contributed by atoms with E-state index >= 15 is 0 Å². The Morgan fingerprint density at radius 3 is 2.50 bits per heavy atom. The van der Waals surface area contributed by atoms with Crippen molar-refractivity contribution >= 4 is 22.9 Å². The molecule has 0 fully saturated rings. The summed E-state index contributed by atoms with van der Waals surface area (Å²) in [5.74, 6) is 1.19. The number of benzene rings is 2. The van der Waals surface area contributed by atoms with E-state index in [0.29, 0.717) is 17.3 Å². The summed E-state index contributed by atoms with van der Waals surface area (Å²) in [4.78, 5) is 29.2. The summed E-state index contributed by atoms with van der Waals surface area (Å²) in [6, 6.07) is 12.4. The van der Waals surface area contributed by atoms with Crippen LogP contribution in [-0.4, -0.2) is 42.8 Å². The van der Waals surface area contributed by atoms with Crippen molar-refractivity contribution in [3.63, 3.8) is 0 Å². The molecule has 0 bridgehead atoms. The largest absolute Gasteiger partial charge is 0.493 e. The van der Waals surface area contributed by atoms with Gasteiger partial charge in [-0.25, -0.2) is 4.98 Å². The van der Waals surface area contributed by atoms with Crippen LogP contribution in [0.2, 0.25) is 0 Å². The molecule has 8 heteroatoms. The SMILES string of the molecule is COC(=O)Cn1c(C(C)NC(=O)Cc2ccc(OC)c(OC)c2)nc2ccccc21. The van der Waals surface area contributed by atoms with Crippen LogP contribution in [0.5, 0.6) is 11.5 Å². The van der Waals surface area contributed by atoms with E-state index < -0.39 is 6.04 Å². The minimum atomic E-state index is -0.408. The highest BCUT2D eigenvalue weighted by Crippen LogP contribution is 2.28. The highest BCUT2D eigenvalue weighted by atomic mass is 16.5. The third kappa shape index (κ3) is 4.53. The normalized spacial score (nSPS) is 11.7. The van der Waals surface area contributed by atoms with Crippen molar-refractivity contribution in [3.05, 3.63) is 53.9 Å². The monoisotopic (exact) mass is 411 g/mol. The van der Waals surface area contributed by atoms with E-state index in [4.69, 9.17) is 14.2 Å². The van der Waals surface area contributed by atoms with Crippen molar-refractivity contribution in [1.82, 2.24) is 14.9 Å². The number of aromatic nitrogens is 2. The third-order valence-corrected chi connectivity index (χ3v) is 4.78. The number of rotatable bonds is 8. The second-order valence-corrected chi connectivity index (χ2v) is 6.78. The first-order valence-electron chi connectivity index (χ1n) is 9.49. The second-order valence-electron chi connectivity index (χ2n) is 6.78. The van der Waals surface area contributed by atoms with Gasteiger partial charge in [0, 0.05) is 0 Å². The number of hydrogen-bond donors (Lipinski definition) is 1. The topological polar surface area (TPSA) is 91.7 Å². The van der Waals surface area contributed by atoms with Crippen molar-refractivity contribution in [1.29, 1.82) is 0 Å². The zero-order valence-electron chi connectivity index (χ0n) is 17.5. The van der Waals surface area contributed by atoms with Gasteiger partial charge in [-0.05, 0) is 36.8 Å². The summed E-state index contributed by atoms with van der Waals surface area (Å²) in [6.07, 6.45) is 0.169. The van der Waals surface area contributed by atoms with Crippen LogP contribution in [0.25, 0.3) is 11.0 Å². The first-order chi connectivity index (χ1) is 14.5. The van der Waals surface area contributed by atoms with E-state index in [1.807, 2.05) is 37.3 Å². The van der Waals surface area contributed by atoms with Gasteiger partial charge in [-0.3, -0.25) is 9.59 Å². The number of nitrogens with zero attached hydrogens (tertiary/aromatic N) is 2. The first-order valence-corrected chi connectivity index (χ1v) is 9.49. The lowest BCUT2D eigenvalue weighted by Crippen LogP contribution is -2.30. The maximum absolute atomic E-state index is 12.6. The average molecular weight is 411 g/mol. The van der Waals surface area contributed by atoms with E-state index in [2.05, 4.69) is 10.3 Å². The Bertz CT molecular complexity index is 1060. The molecule has 0 aliphatic heterocycles. The number of ether oxygens (including phenoxy) is 3. The molecule has 1 aromatic heterocycles. The van der Waals surface area contributed by atoms with Crippen LogP contribution in [0, 0.1) is 0 Å². The van der Waals surface area contributed by atoms with Gasteiger partial charge in [-0.1, -0.05) is 18.2 Å². The molecule has 0 aliphatic carbocycles. The molecule has 0 radical (unpaired) electrons. The Kier molecular flexibility index (Phi) is 6.56. The summed E-state index contributed by atoms with van der Waals surface area (Å²) < 4.78 is 17.1. The Morgan fingerprint density at radius 1 is 1.07 bits per heavy atom. The van der Waals surface area contributed by atoms with Crippen molar-refractivity contribution in [3.8, 4) is 11.5 Å². The quantitative estimate of drug-likeness (QED) is 0.573. The second kappa shape index (κ2) is 9.30. The number of imidazole rings is 1. The molecule has 3 rings (SSSR count). The summed E-state index contributed by atoms with van der Waals surface area (Å²) in [7, 11) is 4.46.